The van der Waals surface area contributed by atoms with E-state index < -0.39 is 6.04 Å². The highest BCUT2D eigenvalue weighted by Crippen LogP contribution is 2.23. The van der Waals surface area contributed by atoms with E-state index in [1.54, 1.807) is 25.6 Å². The fourth-order valence-electron chi connectivity index (χ4n) is 1.85. The topological polar surface area (TPSA) is 48.1 Å². The van der Waals surface area contributed by atoms with Gasteiger partial charge in [0.1, 0.15) is 11.6 Å². The minimum Gasteiger partial charge on any atom is -0.495 e. The van der Waals surface area contributed by atoms with Crippen LogP contribution in [0.3, 0.4) is 0 Å². The van der Waals surface area contributed by atoms with Gasteiger partial charge in [0, 0.05) is 6.20 Å². The Morgan fingerprint density at radius 2 is 1.94 bits per heavy atom. The summed E-state index contributed by atoms with van der Waals surface area (Å²) in [6.07, 6.45) is 3.26. The van der Waals surface area contributed by atoms with Crippen LogP contribution < -0.4 is 10.5 Å². The number of halogens is 1. The minimum atomic E-state index is -0.415. The summed E-state index contributed by atoms with van der Waals surface area (Å²) in [5, 5.41) is 0. The molecule has 2 rings (SSSR count). The van der Waals surface area contributed by atoms with Gasteiger partial charge in [0.2, 0.25) is 0 Å². The van der Waals surface area contributed by atoms with Gasteiger partial charge in [-0.25, -0.2) is 4.39 Å². The molecule has 1 atom stereocenters. The van der Waals surface area contributed by atoms with Crippen LogP contribution >= 0.6 is 0 Å². The third-order valence-electron chi connectivity index (χ3n) is 2.75. The summed E-state index contributed by atoms with van der Waals surface area (Å²) >= 11 is 0. The number of aromatic nitrogens is 1. The maximum Gasteiger partial charge on any atom is 0.137 e. The van der Waals surface area contributed by atoms with Gasteiger partial charge in [0.15, 0.2) is 0 Å². The number of pyridine rings is 1. The van der Waals surface area contributed by atoms with E-state index in [-0.39, 0.29) is 5.82 Å². The van der Waals surface area contributed by atoms with Crippen LogP contribution in [0.4, 0.5) is 4.39 Å². The van der Waals surface area contributed by atoms with Gasteiger partial charge in [-0.3, -0.25) is 4.98 Å². The molecule has 1 aromatic heterocycles. The van der Waals surface area contributed by atoms with Crippen molar-refractivity contribution in [3.05, 3.63) is 59.2 Å². The first-order valence-electron chi connectivity index (χ1n) is 5.62. The van der Waals surface area contributed by atoms with Crippen LogP contribution in [-0.4, -0.2) is 12.1 Å². The molecule has 0 radical (unpaired) electrons. The average molecular weight is 246 g/mol. The minimum absolute atomic E-state index is 0.281. The molecule has 0 spiro atoms. The predicted octanol–water partition coefficient (Wildman–Crippen LogP) is 2.59. The summed E-state index contributed by atoms with van der Waals surface area (Å²) in [6.45, 7) is 1.84. The Labute approximate surface area is 105 Å². The van der Waals surface area contributed by atoms with E-state index in [1.807, 2.05) is 13.0 Å². The summed E-state index contributed by atoms with van der Waals surface area (Å²) in [5.41, 5.74) is 8.47. The van der Waals surface area contributed by atoms with Crippen molar-refractivity contribution in [2.24, 2.45) is 5.73 Å². The molecule has 94 valence electrons. The quantitative estimate of drug-likeness (QED) is 0.905. The van der Waals surface area contributed by atoms with E-state index in [1.165, 1.54) is 12.1 Å². The summed E-state index contributed by atoms with van der Waals surface area (Å²) in [7, 11) is 1.57. The van der Waals surface area contributed by atoms with Gasteiger partial charge in [-0.1, -0.05) is 6.07 Å². The molecule has 0 saturated carbocycles. The SMILES string of the molecule is COc1cncc(C(N)c2cc(C)cc(F)c2)c1. The zero-order chi connectivity index (χ0) is 13.1. The highest BCUT2D eigenvalue weighted by atomic mass is 19.1. The maximum atomic E-state index is 13.4. The second-order valence-corrected chi connectivity index (χ2v) is 4.20. The first kappa shape index (κ1) is 12.5. The molecule has 0 aliphatic carbocycles. The molecule has 1 aromatic carbocycles. The molecule has 18 heavy (non-hydrogen) atoms. The van der Waals surface area contributed by atoms with E-state index in [0.29, 0.717) is 5.75 Å². The number of methoxy groups -OCH3 is 1. The number of ether oxygens (including phenoxy) is 1. The second-order valence-electron chi connectivity index (χ2n) is 4.20. The molecule has 0 saturated heterocycles. The molecule has 3 nitrogen and oxygen atoms in total. The van der Waals surface area contributed by atoms with E-state index in [9.17, 15) is 4.39 Å². The molecule has 2 N–H and O–H groups in total. The van der Waals surface area contributed by atoms with Gasteiger partial charge in [-0.05, 0) is 41.8 Å². The molecule has 0 amide bonds. The monoisotopic (exact) mass is 246 g/mol. The number of nitrogens with two attached hydrogens (primary N) is 1. The van der Waals surface area contributed by atoms with Crippen molar-refractivity contribution in [2.75, 3.05) is 7.11 Å². The Bertz CT molecular complexity index is 537. The first-order chi connectivity index (χ1) is 8.60. The van der Waals surface area contributed by atoms with Crippen molar-refractivity contribution in [1.82, 2.24) is 4.98 Å². The Morgan fingerprint density at radius 1 is 1.17 bits per heavy atom. The third-order valence-corrected chi connectivity index (χ3v) is 2.75. The van der Waals surface area contributed by atoms with Crippen molar-refractivity contribution in [3.8, 4) is 5.75 Å². The van der Waals surface area contributed by atoms with Crippen molar-refractivity contribution < 1.29 is 9.13 Å². The van der Waals surface area contributed by atoms with Gasteiger partial charge >= 0.3 is 0 Å². The molecule has 0 aliphatic rings. The fraction of sp³-hybridized carbons (Fsp3) is 0.214. The maximum absolute atomic E-state index is 13.4. The molecular weight excluding hydrogens is 231 g/mol. The van der Waals surface area contributed by atoms with E-state index in [0.717, 1.165) is 16.7 Å². The predicted molar refractivity (Wildman–Crippen MR) is 68.0 cm³/mol. The summed E-state index contributed by atoms with van der Waals surface area (Å²) in [6, 6.07) is 6.17. The summed E-state index contributed by atoms with van der Waals surface area (Å²) < 4.78 is 18.4. The highest BCUT2D eigenvalue weighted by molar-refractivity contribution is 5.35. The number of rotatable bonds is 3. The first-order valence-corrected chi connectivity index (χ1v) is 5.62. The van der Waals surface area contributed by atoms with Crippen LogP contribution in [0.25, 0.3) is 0 Å². The van der Waals surface area contributed by atoms with Crippen LogP contribution in [0, 0.1) is 12.7 Å². The number of aryl methyl sites for hydroxylation is 1. The van der Waals surface area contributed by atoms with E-state index >= 15 is 0 Å². The van der Waals surface area contributed by atoms with Crippen LogP contribution in [0.2, 0.25) is 0 Å². The van der Waals surface area contributed by atoms with Crippen LogP contribution in [0.1, 0.15) is 22.7 Å². The van der Waals surface area contributed by atoms with Crippen molar-refractivity contribution in [3.63, 3.8) is 0 Å². The summed E-state index contributed by atoms with van der Waals surface area (Å²) in [5.74, 6) is 0.354. The largest absolute Gasteiger partial charge is 0.495 e. The van der Waals surface area contributed by atoms with Gasteiger partial charge in [0.05, 0.1) is 19.3 Å². The van der Waals surface area contributed by atoms with Gasteiger partial charge in [-0.2, -0.15) is 0 Å². The van der Waals surface area contributed by atoms with E-state index in [2.05, 4.69) is 4.98 Å². The lowest BCUT2D eigenvalue weighted by atomic mass is 9.99. The van der Waals surface area contributed by atoms with Crippen LogP contribution in [-0.2, 0) is 0 Å². The normalized spacial score (nSPS) is 12.2. The Kier molecular flexibility index (Phi) is 3.58. The zero-order valence-corrected chi connectivity index (χ0v) is 10.4. The molecule has 4 heteroatoms. The van der Waals surface area contributed by atoms with E-state index in [4.69, 9.17) is 10.5 Å². The van der Waals surface area contributed by atoms with Crippen molar-refractivity contribution >= 4 is 0 Å². The van der Waals surface area contributed by atoms with Crippen LogP contribution in [0.5, 0.6) is 5.75 Å². The fourth-order valence-corrected chi connectivity index (χ4v) is 1.85. The molecule has 1 unspecified atom stereocenters. The number of benzene rings is 1. The van der Waals surface area contributed by atoms with Gasteiger partial charge < -0.3 is 10.5 Å². The standard InChI is InChI=1S/C14H15FN2O/c1-9-3-10(5-12(15)4-9)14(16)11-6-13(18-2)8-17-7-11/h3-8,14H,16H2,1-2H3. The molecule has 0 aliphatic heterocycles. The lowest BCUT2D eigenvalue weighted by Crippen LogP contribution is -2.12. The Balaban J connectivity index is 2.37. The number of hydrogen-bond donors (Lipinski definition) is 1. The zero-order valence-electron chi connectivity index (χ0n) is 10.4. The Morgan fingerprint density at radius 3 is 2.61 bits per heavy atom. The molecule has 2 aromatic rings. The second kappa shape index (κ2) is 5.14. The van der Waals surface area contributed by atoms with Gasteiger partial charge in [-0.15, -0.1) is 0 Å². The highest BCUT2D eigenvalue weighted by Gasteiger charge is 2.11. The molecule has 0 bridgehead atoms. The van der Waals surface area contributed by atoms with Gasteiger partial charge in [0.25, 0.3) is 0 Å². The molecular formula is C14H15FN2O. The number of nitrogens with zero attached hydrogens (tertiary/aromatic N) is 1. The van der Waals surface area contributed by atoms with Crippen LogP contribution in [0.15, 0.2) is 36.7 Å². The molecule has 1 heterocycles. The third kappa shape index (κ3) is 2.65. The average Bonchev–Trinajstić information content (AvgIpc) is 2.37. The lowest BCUT2D eigenvalue weighted by molar-refractivity contribution is 0.412. The molecule has 0 fully saturated rings. The number of hydrogen-bond acceptors (Lipinski definition) is 3. The Hall–Kier alpha value is -1.94. The summed E-state index contributed by atoms with van der Waals surface area (Å²) in [4.78, 5) is 4.05. The lowest BCUT2D eigenvalue weighted by Gasteiger charge is -2.14. The van der Waals surface area contributed by atoms with Crippen molar-refractivity contribution in [2.45, 2.75) is 13.0 Å². The van der Waals surface area contributed by atoms with Crippen molar-refractivity contribution in [1.29, 1.82) is 0 Å². The smallest absolute Gasteiger partial charge is 0.137 e.